The predicted molar refractivity (Wildman–Crippen MR) is 117 cm³/mol. The highest BCUT2D eigenvalue weighted by molar-refractivity contribution is 6.30. The first-order valence-corrected chi connectivity index (χ1v) is 10.5. The molecule has 1 aliphatic heterocycles. The maximum absolute atomic E-state index is 12.8. The van der Waals surface area contributed by atoms with Crippen molar-refractivity contribution >= 4 is 34.4 Å². The Balaban J connectivity index is 1.59. The number of carbonyl (C=O) groups is 2. The highest BCUT2D eigenvalue weighted by Gasteiger charge is 2.27. The van der Waals surface area contributed by atoms with Crippen molar-refractivity contribution in [1.29, 1.82) is 5.26 Å². The van der Waals surface area contributed by atoms with E-state index in [4.69, 9.17) is 27.3 Å². The van der Waals surface area contributed by atoms with Crippen LogP contribution in [0.5, 0.6) is 11.5 Å². The molecular formula is C22H21ClN6O3. The monoisotopic (exact) mass is 452 g/mol. The minimum atomic E-state index is -0.383. The first-order chi connectivity index (χ1) is 15.4. The van der Waals surface area contributed by atoms with Gasteiger partial charge in [-0.3, -0.25) is 9.59 Å². The number of rotatable bonds is 5. The number of hydrogen-bond donors (Lipinski definition) is 1. The molecule has 1 atom stereocenters. The van der Waals surface area contributed by atoms with Crippen LogP contribution in [0.4, 0.5) is 0 Å². The van der Waals surface area contributed by atoms with Crippen molar-refractivity contribution in [2.75, 3.05) is 13.1 Å². The molecule has 10 heteroatoms. The van der Waals surface area contributed by atoms with Crippen molar-refractivity contribution in [3.8, 4) is 17.6 Å². The van der Waals surface area contributed by atoms with Gasteiger partial charge in [-0.15, -0.1) is 5.10 Å². The van der Waals surface area contributed by atoms with E-state index < -0.39 is 0 Å². The lowest BCUT2D eigenvalue weighted by molar-refractivity contribution is -0.135. The topological polar surface area (TPSA) is 127 Å². The van der Waals surface area contributed by atoms with Crippen molar-refractivity contribution < 1.29 is 14.3 Å². The van der Waals surface area contributed by atoms with Crippen LogP contribution in [0.25, 0.3) is 11.0 Å². The fraction of sp³-hybridized carbons (Fsp3) is 0.318. The lowest BCUT2D eigenvalue weighted by Gasteiger charge is -2.31. The fourth-order valence-electron chi connectivity index (χ4n) is 3.83. The Morgan fingerprint density at radius 3 is 2.91 bits per heavy atom. The zero-order valence-electron chi connectivity index (χ0n) is 17.4. The first kappa shape index (κ1) is 21.6. The number of ether oxygens (including phenoxy) is 1. The molecule has 3 aromatic rings. The normalized spacial score (nSPS) is 16.0. The summed E-state index contributed by atoms with van der Waals surface area (Å²) >= 11 is 6.08. The van der Waals surface area contributed by atoms with Gasteiger partial charge in [0.05, 0.1) is 23.1 Å². The minimum absolute atomic E-state index is 0.0137. The Labute approximate surface area is 189 Å². The van der Waals surface area contributed by atoms with Crippen molar-refractivity contribution in [2.45, 2.75) is 26.3 Å². The van der Waals surface area contributed by atoms with Crippen molar-refractivity contribution in [1.82, 2.24) is 19.9 Å². The molecule has 1 aliphatic rings. The molecule has 0 radical (unpaired) electrons. The van der Waals surface area contributed by atoms with Gasteiger partial charge in [0, 0.05) is 18.1 Å². The number of carbonyl (C=O) groups excluding carboxylic acids is 2. The molecule has 2 N–H and O–H groups in total. The molecule has 1 fully saturated rings. The maximum atomic E-state index is 12.8. The van der Waals surface area contributed by atoms with E-state index in [1.807, 2.05) is 25.1 Å². The average molecular weight is 453 g/mol. The number of nitrogens with two attached hydrogens (primary N) is 1. The van der Waals surface area contributed by atoms with Crippen LogP contribution in [0.3, 0.4) is 0 Å². The van der Waals surface area contributed by atoms with E-state index in [1.54, 1.807) is 23.1 Å². The number of piperidine rings is 1. The zero-order valence-corrected chi connectivity index (χ0v) is 18.2. The Hall–Kier alpha value is -3.64. The molecule has 1 unspecified atom stereocenters. The van der Waals surface area contributed by atoms with Crippen molar-refractivity contribution in [2.24, 2.45) is 11.7 Å². The summed E-state index contributed by atoms with van der Waals surface area (Å²) in [6, 6.07) is 10.5. The molecule has 2 heterocycles. The SMILES string of the molecule is Cc1ccc2c(nnn2CC(=O)N2CCCC(C(N)=O)C2)c1Oc1cc(Cl)cc(C#N)c1. The molecule has 0 bridgehead atoms. The number of primary amides is 1. The van der Waals surface area contributed by atoms with Gasteiger partial charge in [-0.25, -0.2) is 4.68 Å². The number of hydrogen-bond acceptors (Lipinski definition) is 6. The van der Waals surface area contributed by atoms with Gasteiger partial charge in [-0.1, -0.05) is 22.9 Å². The van der Waals surface area contributed by atoms with Crippen LogP contribution in [0.2, 0.25) is 5.02 Å². The van der Waals surface area contributed by atoms with Gasteiger partial charge < -0.3 is 15.4 Å². The van der Waals surface area contributed by atoms with Gasteiger partial charge in [0.2, 0.25) is 11.8 Å². The highest BCUT2D eigenvalue weighted by Crippen LogP contribution is 2.33. The molecule has 0 aliphatic carbocycles. The Kier molecular flexibility index (Phi) is 5.97. The number of likely N-dealkylation sites (tertiary alicyclic amines) is 1. The quantitative estimate of drug-likeness (QED) is 0.634. The summed E-state index contributed by atoms with van der Waals surface area (Å²) in [7, 11) is 0. The summed E-state index contributed by atoms with van der Waals surface area (Å²) in [6.07, 6.45) is 1.43. The number of amides is 2. The average Bonchev–Trinajstić information content (AvgIpc) is 3.18. The summed E-state index contributed by atoms with van der Waals surface area (Å²) in [5, 5.41) is 17.9. The van der Waals surface area contributed by atoms with E-state index in [0.717, 1.165) is 12.0 Å². The standard InChI is InChI=1S/C22H21ClN6O3/c1-13-4-5-18-20(21(13)32-17-8-14(10-24)7-16(23)9-17)26-27-29(18)12-19(30)28-6-2-3-15(11-28)22(25)31/h4-5,7-9,15H,2-3,6,11-12H2,1H3,(H2,25,31). The van der Waals surface area contributed by atoms with Crippen molar-refractivity contribution in [3.63, 3.8) is 0 Å². The van der Waals surface area contributed by atoms with Gasteiger partial charge in [-0.05, 0) is 49.6 Å². The number of fused-ring (bicyclic) bond motifs is 1. The number of aryl methyl sites for hydroxylation is 1. The van der Waals surface area contributed by atoms with E-state index in [1.165, 1.54) is 4.68 Å². The molecule has 164 valence electrons. The van der Waals surface area contributed by atoms with Crippen LogP contribution in [-0.2, 0) is 16.1 Å². The lowest BCUT2D eigenvalue weighted by atomic mass is 9.97. The summed E-state index contributed by atoms with van der Waals surface area (Å²) in [5.74, 6) is 0.0184. The Morgan fingerprint density at radius 1 is 1.34 bits per heavy atom. The summed E-state index contributed by atoms with van der Waals surface area (Å²) < 4.78 is 7.53. The third-order valence-corrected chi connectivity index (χ3v) is 5.74. The summed E-state index contributed by atoms with van der Waals surface area (Å²) in [6.45, 7) is 2.76. The van der Waals surface area contributed by atoms with E-state index >= 15 is 0 Å². The molecule has 2 aromatic carbocycles. The number of benzene rings is 2. The third kappa shape index (κ3) is 4.36. The highest BCUT2D eigenvalue weighted by atomic mass is 35.5. The van der Waals surface area contributed by atoms with Crippen LogP contribution >= 0.6 is 11.6 Å². The predicted octanol–water partition coefficient (Wildman–Crippen LogP) is 2.78. The van der Waals surface area contributed by atoms with E-state index in [0.29, 0.717) is 52.6 Å². The molecule has 0 spiro atoms. The molecular weight excluding hydrogens is 432 g/mol. The van der Waals surface area contributed by atoms with Gasteiger partial charge >= 0.3 is 0 Å². The fourth-order valence-corrected chi connectivity index (χ4v) is 4.05. The second kappa shape index (κ2) is 8.85. The third-order valence-electron chi connectivity index (χ3n) is 5.52. The lowest BCUT2D eigenvalue weighted by Crippen LogP contribution is -2.45. The molecule has 1 aromatic heterocycles. The zero-order chi connectivity index (χ0) is 22.8. The van der Waals surface area contributed by atoms with Crippen LogP contribution in [-0.4, -0.2) is 44.8 Å². The number of nitriles is 1. The van der Waals surface area contributed by atoms with Crippen LogP contribution in [0.15, 0.2) is 30.3 Å². The van der Waals surface area contributed by atoms with Crippen molar-refractivity contribution in [3.05, 3.63) is 46.5 Å². The molecule has 1 saturated heterocycles. The van der Waals surface area contributed by atoms with E-state index in [9.17, 15) is 9.59 Å². The number of halogens is 1. The largest absolute Gasteiger partial charge is 0.455 e. The summed E-state index contributed by atoms with van der Waals surface area (Å²) in [4.78, 5) is 26.0. The maximum Gasteiger partial charge on any atom is 0.244 e. The van der Waals surface area contributed by atoms with Crippen LogP contribution in [0.1, 0.15) is 24.0 Å². The number of aromatic nitrogens is 3. The van der Waals surface area contributed by atoms with E-state index in [2.05, 4.69) is 10.3 Å². The molecule has 32 heavy (non-hydrogen) atoms. The van der Waals surface area contributed by atoms with Gasteiger partial charge in [-0.2, -0.15) is 5.26 Å². The van der Waals surface area contributed by atoms with Gasteiger partial charge in [0.25, 0.3) is 0 Å². The molecule has 9 nitrogen and oxygen atoms in total. The second-order valence-electron chi connectivity index (χ2n) is 7.80. The van der Waals surface area contributed by atoms with Crippen LogP contribution in [0, 0.1) is 24.2 Å². The Morgan fingerprint density at radius 2 is 2.16 bits per heavy atom. The smallest absolute Gasteiger partial charge is 0.244 e. The Bertz CT molecular complexity index is 1250. The van der Waals surface area contributed by atoms with Gasteiger partial charge in [0.1, 0.15) is 12.3 Å². The van der Waals surface area contributed by atoms with Gasteiger partial charge in [0.15, 0.2) is 11.3 Å². The minimum Gasteiger partial charge on any atom is -0.455 e. The molecule has 0 saturated carbocycles. The first-order valence-electron chi connectivity index (χ1n) is 10.1. The number of nitrogens with zero attached hydrogens (tertiary/aromatic N) is 5. The second-order valence-corrected chi connectivity index (χ2v) is 8.23. The summed E-state index contributed by atoms with van der Waals surface area (Å²) in [5.41, 5.74) is 7.73. The molecule has 4 rings (SSSR count). The van der Waals surface area contributed by atoms with Crippen LogP contribution < -0.4 is 10.5 Å². The van der Waals surface area contributed by atoms with E-state index in [-0.39, 0.29) is 24.3 Å². The molecule has 2 amide bonds.